The van der Waals surface area contributed by atoms with Crippen molar-refractivity contribution in [3.63, 3.8) is 0 Å². The van der Waals surface area contributed by atoms with Crippen LogP contribution >= 0.6 is 22.9 Å². The van der Waals surface area contributed by atoms with Gasteiger partial charge >= 0.3 is 0 Å². The Labute approximate surface area is 304 Å². The van der Waals surface area contributed by atoms with E-state index in [1.54, 1.807) is 41.3 Å². The molecule has 10 nitrogen and oxygen atoms in total. The van der Waals surface area contributed by atoms with Gasteiger partial charge in [-0.05, 0) is 100 Å². The summed E-state index contributed by atoms with van der Waals surface area (Å²) < 4.78 is 7.95. The van der Waals surface area contributed by atoms with Crippen LogP contribution in [0.15, 0.2) is 54.1 Å². The summed E-state index contributed by atoms with van der Waals surface area (Å²) in [6.45, 7) is 9.39. The topological polar surface area (TPSA) is 122 Å². The molecule has 4 heterocycles. The molecular formula is C39H39ClN4O6S. The Kier molecular flexibility index (Phi) is 7.43. The number of amides is 4. The van der Waals surface area contributed by atoms with E-state index in [1.165, 1.54) is 16.9 Å². The fraction of sp³-hybridized carbons (Fsp3) is 0.410. The van der Waals surface area contributed by atoms with E-state index < -0.39 is 40.5 Å². The highest BCUT2D eigenvalue weighted by atomic mass is 35.5. The maximum absolute atomic E-state index is 15.0. The molecule has 3 fully saturated rings. The van der Waals surface area contributed by atoms with Crippen molar-refractivity contribution < 1.29 is 29.0 Å². The molecule has 0 radical (unpaired) electrons. The highest BCUT2D eigenvalue weighted by molar-refractivity contribution is 7.22. The molecule has 6 atom stereocenters. The minimum atomic E-state index is -1.27. The van der Waals surface area contributed by atoms with Gasteiger partial charge in [0.1, 0.15) is 11.5 Å². The summed E-state index contributed by atoms with van der Waals surface area (Å²) in [5, 5.41) is 17.4. The normalized spacial score (nSPS) is 27.6. The van der Waals surface area contributed by atoms with Gasteiger partial charge in [0.05, 0.1) is 35.2 Å². The number of phenolic OH excluding ortho intramolecular Hbond substituents is 1. The minimum Gasteiger partial charge on any atom is -0.504 e. The van der Waals surface area contributed by atoms with Gasteiger partial charge in [-0.3, -0.25) is 28.8 Å². The molecule has 1 N–H and O–H groups in total. The number of benzene rings is 2. The Morgan fingerprint density at radius 2 is 1.76 bits per heavy atom. The molecule has 0 bridgehead atoms. The zero-order valence-electron chi connectivity index (χ0n) is 29.5. The molecule has 51 heavy (non-hydrogen) atoms. The number of thiophene rings is 1. The summed E-state index contributed by atoms with van der Waals surface area (Å²) in [5.41, 5.74) is 1.15. The number of nitrogens with zero attached hydrogens (tertiary/aromatic N) is 4. The maximum atomic E-state index is 15.0. The highest BCUT2D eigenvalue weighted by Crippen LogP contribution is 2.64. The second kappa shape index (κ2) is 11.3. The lowest BCUT2D eigenvalue weighted by molar-refractivity contribution is -0.145. The van der Waals surface area contributed by atoms with Crippen molar-refractivity contribution in [1.29, 1.82) is 0 Å². The number of imide groups is 2. The summed E-state index contributed by atoms with van der Waals surface area (Å²) in [6.07, 6.45) is 2.60. The Morgan fingerprint density at radius 1 is 1.02 bits per heavy atom. The van der Waals surface area contributed by atoms with E-state index in [9.17, 15) is 19.5 Å². The largest absolute Gasteiger partial charge is 0.504 e. The van der Waals surface area contributed by atoms with E-state index >= 15 is 4.79 Å². The molecule has 2 aliphatic heterocycles. The molecule has 12 heteroatoms. The Balaban J connectivity index is 1.26. The summed E-state index contributed by atoms with van der Waals surface area (Å²) in [6, 6.07) is 12.6. The van der Waals surface area contributed by atoms with Crippen molar-refractivity contribution in [1.82, 2.24) is 14.7 Å². The van der Waals surface area contributed by atoms with Gasteiger partial charge in [-0.25, -0.2) is 4.90 Å². The number of phenols is 1. The number of hydrogen-bond acceptors (Lipinski definition) is 8. The molecule has 8 rings (SSSR count). The number of aromatic nitrogens is 2. The van der Waals surface area contributed by atoms with Crippen LogP contribution < -0.4 is 9.64 Å². The van der Waals surface area contributed by atoms with E-state index in [0.717, 1.165) is 26.1 Å². The molecule has 264 valence electrons. The number of halogens is 1. The van der Waals surface area contributed by atoms with E-state index in [2.05, 4.69) is 0 Å². The number of likely N-dealkylation sites (tertiary alicyclic amines) is 1. The van der Waals surface area contributed by atoms with Crippen LogP contribution in [0.4, 0.5) is 5.82 Å². The molecule has 2 aliphatic carbocycles. The summed E-state index contributed by atoms with van der Waals surface area (Å²) >= 11 is 7.87. The van der Waals surface area contributed by atoms with Crippen molar-refractivity contribution in [3.05, 3.63) is 70.3 Å². The van der Waals surface area contributed by atoms with Crippen molar-refractivity contribution in [2.75, 3.05) is 12.0 Å². The first-order valence-corrected chi connectivity index (χ1v) is 18.3. The van der Waals surface area contributed by atoms with Crippen molar-refractivity contribution in [2.45, 2.75) is 58.9 Å². The van der Waals surface area contributed by atoms with Crippen molar-refractivity contribution in [3.8, 4) is 22.1 Å². The van der Waals surface area contributed by atoms with Gasteiger partial charge in [-0.1, -0.05) is 29.3 Å². The van der Waals surface area contributed by atoms with Crippen LogP contribution in [0.5, 0.6) is 11.5 Å². The Morgan fingerprint density at radius 3 is 2.45 bits per heavy atom. The number of carbonyl (C=O) groups is 4. The van der Waals surface area contributed by atoms with Gasteiger partial charge in [0.25, 0.3) is 0 Å². The van der Waals surface area contributed by atoms with Gasteiger partial charge in [-0.2, -0.15) is 5.10 Å². The summed E-state index contributed by atoms with van der Waals surface area (Å²) in [7, 11) is 3.18. The smallest absolute Gasteiger partial charge is 0.242 e. The van der Waals surface area contributed by atoms with Gasteiger partial charge in [0, 0.05) is 34.3 Å². The second-order valence-corrected chi connectivity index (χ2v) is 17.0. The first-order valence-electron chi connectivity index (χ1n) is 17.1. The maximum Gasteiger partial charge on any atom is 0.242 e. The SMILES string of the molecule is COc1ccc(C2C3=CCC4C(=O)N(C(C)(C)C)C(=O)C4C3CC3C(=O)N(c4cc(-c5sc6ccc(Cl)cc6c5C)nn4C)C(=O)C32C)cc1O. The number of ether oxygens (including phenoxy) is 1. The zero-order valence-corrected chi connectivity index (χ0v) is 31.1. The second-order valence-electron chi connectivity index (χ2n) is 15.5. The molecule has 1 saturated carbocycles. The molecule has 6 unspecified atom stereocenters. The number of fused-ring (bicyclic) bond motifs is 5. The van der Waals surface area contributed by atoms with Crippen molar-refractivity contribution >= 4 is 62.5 Å². The Hall–Kier alpha value is -4.48. The average Bonchev–Trinajstić information content (AvgIpc) is 3.74. The van der Waals surface area contributed by atoms with E-state index in [1.807, 2.05) is 65.0 Å². The van der Waals surface area contributed by atoms with E-state index in [4.69, 9.17) is 21.4 Å². The quantitative estimate of drug-likeness (QED) is 0.177. The molecular weight excluding hydrogens is 688 g/mol. The zero-order chi connectivity index (χ0) is 36.5. The van der Waals surface area contributed by atoms with Crippen molar-refractivity contribution in [2.24, 2.45) is 36.1 Å². The number of hydrogen-bond donors (Lipinski definition) is 1. The lowest BCUT2D eigenvalue weighted by Gasteiger charge is -2.49. The number of aromatic hydroxyl groups is 1. The first-order chi connectivity index (χ1) is 24.1. The third-order valence-corrected chi connectivity index (χ3v) is 13.2. The van der Waals surface area contributed by atoms with Crippen LogP contribution in [0.1, 0.15) is 57.6 Å². The molecule has 2 aromatic heterocycles. The van der Waals surface area contributed by atoms with Gasteiger partial charge in [0.2, 0.25) is 23.6 Å². The van der Waals surface area contributed by atoms with Gasteiger partial charge < -0.3 is 9.84 Å². The third-order valence-electron chi connectivity index (χ3n) is 11.7. The first kappa shape index (κ1) is 33.7. The van der Waals surface area contributed by atoms with E-state index in [0.29, 0.717) is 28.5 Å². The van der Waals surface area contributed by atoms with Crippen LogP contribution in [0.3, 0.4) is 0 Å². The number of rotatable bonds is 4. The Bertz CT molecular complexity index is 2250. The molecule has 4 aromatic rings. The molecule has 2 aromatic carbocycles. The van der Waals surface area contributed by atoms with Crippen LogP contribution in [-0.2, 0) is 26.2 Å². The molecule has 0 spiro atoms. The molecule has 4 aliphatic rings. The third kappa shape index (κ3) is 4.63. The monoisotopic (exact) mass is 726 g/mol. The van der Waals surface area contributed by atoms with Crippen LogP contribution in [0.2, 0.25) is 5.02 Å². The molecule has 2 saturated heterocycles. The predicted octanol–water partition coefficient (Wildman–Crippen LogP) is 7.01. The lowest BCUT2D eigenvalue weighted by Crippen LogP contribution is -2.49. The average molecular weight is 727 g/mol. The van der Waals surface area contributed by atoms with Crippen LogP contribution in [0, 0.1) is 36.0 Å². The summed E-state index contributed by atoms with van der Waals surface area (Å²) in [4.78, 5) is 61.2. The number of aryl methyl sites for hydroxylation is 2. The van der Waals surface area contributed by atoms with E-state index in [-0.39, 0.29) is 41.5 Å². The van der Waals surface area contributed by atoms with Gasteiger partial charge in [-0.15, -0.1) is 11.3 Å². The fourth-order valence-electron chi connectivity index (χ4n) is 9.38. The fourth-order valence-corrected chi connectivity index (χ4v) is 10.7. The van der Waals surface area contributed by atoms with Crippen LogP contribution in [-0.4, -0.2) is 56.1 Å². The number of carbonyl (C=O) groups excluding carboxylic acids is 4. The number of anilines is 1. The standard InChI is InChI=1S/C39H39ClN4O6S/c1-18-23-15-20(40)9-13-29(23)51-33(18)26-17-30(42(6)41-26)43-35(47)25-16-24-21(10-11-22-31(24)36(48)44(34(22)46)38(2,3)4)32(39(25,5)37(43)49)19-8-12-28(50-7)27(45)14-19/h8-10,12-15,17,22,24-25,31-32,45H,11,16H2,1-7H3. The van der Waals surface area contributed by atoms with Gasteiger partial charge in [0.15, 0.2) is 11.5 Å². The highest BCUT2D eigenvalue weighted by Gasteiger charge is 2.68. The number of methoxy groups -OCH3 is 1. The van der Waals surface area contributed by atoms with Crippen LogP contribution in [0.25, 0.3) is 20.7 Å². The molecule has 4 amide bonds. The minimum absolute atomic E-state index is 0.0949. The summed E-state index contributed by atoms with van der Waals surface area (Å²) in [5.74, 6) is -3.76. The number of allylic oxidation sites excluding steroid dienone is 2. The predicted molar refractivity (Wildman–Crippen MR) is 195 cm³/mol. The lowest BCUT2D eigenvalue weighted by atomic mass is 9.51.